The minimum Gasteiger partial charge on any atom is -0.479 e. The maximum absolute atomic E-state index is 5.88. The SMILES string of the molecule is COc1nccc2c(Nc3ccc(Cl)cc3)nc(N)nc12. The van der Waals surface area contributed by atoms with Gasteiger partial charge in [-0.3, -0.25) is 0 Å². The van der Waals surface area contributed by atoms with Gasteiger partial charge in [0.25, 0.3) is 0 Å². The van der Waals surface area contributed by atoms with E-state index >= 15 is 0 Å². The van der Waals surface area contributed by atoms with Crippen LogP contribution < -0.4 is 15.8 Å². The standard InChI is InChI=1S/C14H12ClN5O/c1-21-13-11-10(6-7-17-13)12(20-14(16)19-11)18-9-4-2-8(15)3-5-9/h2-7H,1H3,(H3,16,18,19,20). The Hall–Kier alpha value is -2.60. The Kier molecular flexibility index (Phi) is 3.45. The second-order valence-corrected chi connectivity index (χ2v) is 4.72. The minimum absolute atomic E-state index is 0.144. The van der Waals surface area contributed by atoms with E-state index in [1.165, 1.54) is 7.11 Å². The van der Waals surface area contributed by atoms with Crippen molar-refractivity contribution in [3.63, 3.8) is 0 Å². The lowest BCUT2D eigenvalue weighted by atomic mass is 10.2. The summed E-state index contributed by atoms with van der Waals surface area (Å²) in [7, 11) is 1.53. The van der Waals surface area contributed by atoms with Gasteiger partial charge in [-0.2, -0.15) is 4.98 Å². The molecule has 0 atom stereocenters. The molecule has 6 nitrogen and oxygen atoms in total. The molecule has 0 saturated heterocycles. The van der Waals surface area contributed by atoms with Crippen molar-refractivity contribution in [3.8, 4) is 5.88 Å². The minimum atomic E-state index is 0.144. The molecule has 0 fully saturated rings. The van der Waals surface area contributed by atoms with Crippen LogP contribution in [0, 0.1) is 0 Å². The molecular weight excluding hydrogens is 290 g/mol. The summed E-state index contributed by atoms with van der Waals surface area (Å²) in [6.45, 7) is 0. The topological polar surface area (TPSA) is 86.0 Å². The number of pyridine rings is 1. The predicted molar refractivity (Wildman–Crippen MR) is 83.0 cm³/mol. The first kappa shape index (κ1) is 13.4. The summed E-state index contributed by atoms with van der Waals surface area (Å²) >= 11 is 5.88. The van der Waals surface area contributed by atoms with Crippen molar-refractivity contribution in [2.75, 3.05) is 18.2 Å². The van der Waals surface area contributed by atoms with Crippen molar-refractivity contribution in [2.45, 2.75) is 0 Å². The monoisotopic (exact) mass is 301 g/mol. The maximum atomic E-state index is 5.88. The number of hydrogen-bond donors (Lipinski definition) is 2. The van der Waals surface area contributed by atoms with E-state index in [-0.39, 0.29) is 5.95 Å². The van der Waals surface area contributed by atoms with Crippen LogP contribution in [0.5, 0.6) is 5.88 Å². The van der Waals surface area contributed by atoms with Crippen LogP contribution in [0.2, 0.25) is 5.02 Å². The average molecular weight is 302 g/mol. The van der Waals surface area contributed by atoms with Crippen LogP contribution in [-0.4, -0.2) is 22.1 Å². The molecule has 0 amide bonds. The highest BCUT2D eigenvalue weighted by Gasteiger charge is 2.11. The van der Waals surface area contributed by atoms with Crippen molar-refractivity contribution < 1.29 is 4.74 Å². The fourth-order valence-electron chi connectivity index (χ4n) is 1.96. The molecule has 106 valence electrons. The van der Waals surface area contributed by atoms with Crippen LogP contribution >= 0.6 is 11.6 Å². The van der Waals surface area contributed by atoms with Crippen LogP contribution in [0.15, 0.2) is 36.5 Å². The van der Waals surface area contributed by atoms with E-state index in [2.05, 4.69) is 20.3 Å². The molecule has 0 spiro atoms. The summed E-state index contributed by atoms with van der Waals surface area (Å²) in [6, 6.07) is 9.09. The molecule has 21 heavy (non-hydrogen) atoms. The number of halogens is 1. The van der Waals surface area contributed by atoms with Crippen LogP contribution in [-0.2, 0) is 0 Å². The molecule has 7 heteroatoms. The summed E-state index contributed by atoms with van der Waals surface area (Å²) in [5, 5.41) is 4.63. The molecule has 0 radical (unpaired) electrons. The van der Waals surface area contributed by atoms with Crippen LogP contribution in [0.1, 0.15) is 0 Å². The van der Waals surface area contributed by atoms with E-state index in [1.807, 2.05) is 12.1 Å². The molecule has 0 bridgehead atoms. The van der Waals surface area contributed by atoms with Crippen LogP contribution in [0.3, 0.4) is 0 Å². The normalized spacial score (nSPS) is 10.6. The Balaban J connectivity index is 2.11. The van der Waals surface area contributed by atoms with Gasteiger partial charge in [-0.1, -0.05) is 11.6 Å². The first-order chi connectivity index (χ1) is 10.2. The predicted octanol–water partition coefficient (Wildman–Crippen LogP) is 3.01. The smallest absolute Gasteiger partial charge is 0.240 e. The van der Waals surface area contributed by atoms with Crippen LogP contribution in [0.4, 0.5) is 17.5 Å². The third kappa shape index (κ3) is 2.66. The van der Waals surface area contributed by atoms with Gasteiger partial charge in [0.05, 0.1) is 12.5 Å². The number of benzene rings is 1. The van der Waals surface area contributed by atoms with Crippen molar-refractivity contribution in [1.29, 1.82) is 0 Å². The number of rotatable bonds is 3. The first-order valence-corrected chi connectivity index (χ1v) is 6.54. The molecule has 3 N–H and O–H groups in total. The average Bonchev–Trinajstić information content (AvgIpc) is 2.49. The Bertz CT molecular complexity index is 791. The Morgan fingerprint density at radius 2 is 1.90 bits per heavy atom. The van der Waals surface area contributed by atoms with Gasteiger partial charge in [0.1, 0.15) is 11.3 Å². The van der Waals surface area contributed by atoms with E-state index in [0.29, 0.717) is 22.2 Å². The van der Waals surface area contributed by atoms with E-state index < -0.39 is 0 Å². The highest BCUT2D eigenvalue weighted by Crippen LogP contribution is 2.29. The lowest BCUT2D eigenvalue weighted by molar-refractivity contribution is 0.402. The number of anilines is 3. The van der Waals surface area contributed by atoms with Crippen molar-refractivity contribution in [3.05, 3.63) is 41.6 Å². The number of aromatic nitrogens is 3. The van der Waals surface area contributed by atoms with Gasteiger partial charge in [-0.25, -0.2) is 9.97 Å². The molecule has 0 aliphatic rings. The van der Waals surface area contributed by atoms with E-state index in [4.69, 9.17) is 22.1 Å². The molecule has 3 rings (SSSR count). The highest BCUT2D eigenvalue weighted by molar-refractivity contribution is 6.30. The Morgan fingerprint density at radius 1 is 1.14 bits per heavy atom. The molecule has 0 saturated carbocycles. The van der Waals surface area contributed by atoms with E-state index in [0.717, 1.165) is 11.1 Å². The molecular formula is C14H12ClN5O. The molecule has 0 aliphatic carbocycles. The molecule has 0 aliphatic heterocycles. The summed E-state index contributed by atoms with van der Waals surface area (Å²) < 4.78 is 5.20. The highest BCUT2D eigenvalue weighted by atomic mass is 35.5. The number of methoxy groups -OCH3 is 1. The lowest BCUT2D eigenvalue weighted by Crippen LogP contribution is -2.03. The zero-order valence-electron chi connectivity index (χ0n) is 11.2. The summed E-state index contributed by atoms with van der Waals surface area (Å²) in [4.78, 5) is 12.5. The van der Waals surface area contributed by atoms with Gasteiger partial charge in [0.15, 0.2) is 0 Å². The second-order valence-electron chi connectivity index (χ2n) is 4.28. The summed E-state index contributed by atoms with van der Waals surface area (Å²) in [5.41, 5.74) is 7.16. The molecule has 3 aromatic rings. The third-order valence-electron chi connectivity index (χ3n) is 2.90. The van der Waals surface area contributed by atoms with Gasteiger partial charge >= 0.3 is 0 Å². The van der Waals surface area contributed by atoms with Gasteiger partial charge in [-0.05, 0) is 30.3 Å². The number of ether oxygens (including phenoxy) is 1. The third-order valence-corrected chi connectivity index (χ3v) is 3.15. The number of fused-ring (bicyclic) bond motifs is 1. The largest absolute Gasteiger partial charge is 0.479 e. The zero-order chi connectivity index (χ0) is 14.8. The van der Waals surface area contributed by atoms with Crippen LogP contribution in [0.25, 0.3) is 10.9 Å². The number of nitrogens with zero attached hydrogens (tertiary/aromatic N) is 3. The Morgan fingerprint density at radius 3 is 2.62 bits per heavy atom. The van der Waals surface area contributed by atoms with Gasteiger partial charge in [-0.15, -0.1) is 0 Å². The van der Waals surface area contributed by atoms with Crippen molar-refractivity contribution >= 4 is 40.0 Å². The quantitative estimate of drug-likeness (QED) is 0.773. The first-order valence-electron chi connectivity index (χ1n) is 6.16. The molecule has 1 aromatic carbocycles. The van der Waals surface area contributed by atoms with E-state index in [9.17, 15) is 0 Å². The maximum Gasteiger partial charge on any atom is 0.240 e. The van der Waals surface area contributed by atoms with Crippen molar-refractivity contribution in [2.24, 2.45) is 0 Å². The number of nitrogens with one attached hydrogen (secondary N) is 1. The molecule has 2 aromatic heterocycles. The lowest BCUT2D eigenvalue weighted by Gasteiger charge is -2.10. The second kappa shape index (κ2) is 5.41. The molecule has 2 heterocycles. The van der Waals surface area contributed by atoms with Gasteiger partial charge < -0.3 is 15.8 Å². The fraction of sp³-hybridized carbons (Fsp3) is 0.0714. The number of hydrogen-bond acceptors (Lipinski definition) is 6. The Labute approximate surface area is 126 Å². The number of nitrogen functional groups attached to an aromatic ring is 1. The molecule has 0 unspecified atom stereocenters. The number of nitrogens with two attached hydrogens (primary N) is 1. The zero-order valence-corrected chi connectivity index (χ0v) is 11.9. The van der Waals surface area contributed by atoms with Crippen molar-refractivity contribution in [1.82, 2.24) is 15.0 Å². The summed E-state index contributed by atoms with van der Waals surface area (Å²) in [6.07, 6.45) is 1.63. The van der Waals surface area contributed by atoms with Gasteiger partial charge in [0.2, 0.25) is 11.8 Å². The fourth-order valence-corrected chi connectivity index (χ4v) is 2.09. The summed E-state index contributed by atoms with van der Waals surface area (Å²) in [5.74, 6) is 1.13. The van der Waals surface area contributed by atoms with E-state index in [1.54, 1.807) is 24.4 Å². The van der Waals surface area contributed by atoms with Gasteiger partial charge in [0, 0.05) is 16.9 Å².